The number of methoxy groups -OCH3 is 3. The number of amides is 1. The summed E-state index contributed by atoms with van der Waals surface area (Å²) in [5.41, 5.74) is 1.82. The van der Waals surface area contributed by atoms with Crippen LogP contribution in [0, 0.1) is 0 Å². The van der Waals surface area contributed by atoms with E-state index in [2.05, 4.69) is 17.1 Å². The summed E-state index contributed by atoms with van der Waals surface area (Å²) in [6.45, 7) is 2.52. The Morgan fingerprint density at radius 3 is 2.26 bits per heavy atom. The number of aromatic nitrogens is 2. The van der Waals surface area contributed by atoms with E-state index in [0.29, 0.717) is 40.4 Å². The predicted octanol–water partition coefficient (Wildman–Crippen LogP) is 4.95. The van der Waals surface area contributed by atoms with Gasteiger partial charge in [0.15, 0.2) is 11.5 Å². The van der Waals surface area contributed by atoms with E-state index in [9.17, 15) is 4.79 Å². The molecule has 31 heavy (non-hydrogen) atoms. The zero-order valence-electron chi connectivity index (χ0n) is 18.3. The highest BCUT2D eigenvalue weighted by molar-refractivity contribution is 7.18. The fraction of sp³-hybridized carbons (Fsp3) is 0.348. The molecule has 1 amide bonds. The Hall–Kier alpha value is -3.13. The number of carbonyl (C=O) groups excluding carboxylic acids is 1. The molecule has 0 spiro atoms. The molecule has 0 fully saturated rings. The Morgan fingerprint density at radius 1 is 1.00 bits per heavy atom. The molecule has 2 aromatic carbocycles. The molecule has 0 aliphatic heterocycles. The van der Waals surface area contributed by atoms with E-state index in [1.807, 2.05) is 42.5 Å². The van der Waals surface area contributed by atoms with Crippen molar-refractivity contribution in [1.29, 1.82) is 0 Å². The van der Waals surface area contributed by atoms with Crippen molar-refractivity contribution in [3.63, 3.8) is 0 Å². The molecule has 0 saturated carbocycles. The fourth-order valence-corrected chi connectivity index (χ4v) is 3.99. The van der Waals surface area contributed by atoms with Gasteiger partial charge in [-0.15, -0.1) is 10.2 Å². The van der Waals surface area contributed by atoms with E-state index in [4.69, 9.17) is 14.2 Å². The number of hydrogen-bond donors (Lipinski definition) is 0. The highest BCUT2D eigenvalue weighted by Crippen LogP contribution is 2.42. The first-order valence-electron chi connectivity index (χ1n) is 10.1. The molecule has 1 aromatic heterocycles. The van der Waals surface area contributed by atoms with Crippen molar-refractivity contribution in [1.82, 2.24) is 10.2 Å². The first-order valence-corrected chi connectivity index (χ1v) is 10.9. The lowest BCUT2D eigenvalue weighted by Gasteiger charge is -2.19. The summed E-state index contributed by atoms with van der Waals surface area (Å²) in [6.07, 6.45) is 2.27. The standard InChI is InChI=1S/C23H27N3O4S/c1-5-6-12-20(27)26(15-16-10-8-7-9-11-16)23-25-24-22(31-23)17-13-18(28-2)21(30-4)19(14-17)29-3/h7-11,13-14H,5-6,12,15H2,1-4H3. The molecular formula is C23H27N3O4S. The normalized spacial score (nSPS) is 10.6. The van der Waals surface area contributed by atoms with Gasteiger partial charge in [-0.05, 0) is 24.1 Å². The van der Waals surface area contributed by atoms with Crippen LogP contribution in [0.1, 0.15) is 31.7 Å². The largest absolute Gasteiger partial charge is 0.493 e. The first-order chi connectivity index (χ1) is 15.1. The number of ether oxygens (including phenoxy) is 3. The van der Waals surface area contributed by atoms with Crippen LogP contribution in [-0.4, -0.2) is 37.4 Å². The fourth-order valence-electron chi connectivity index (χ4n) is 3.14. The summed E-state index contributed by atoms with van der Waals surface area (Å²) in [7, 11) is 4.70. The van der Waals surface area contributed by atoms with Crippen LogP contribution in [0.5, 0.6) is 17.2 Å². The summed E-state index contributed by atoms with van der Waals surface area (Å²) in [5.74, 6) is 1.62. The molecule has 0 atom stereocenters. The van der Waals surface area contributed by atoms with Gasteiger partial charge in [0.2, 0.25) is 16.8 Å². The molecule has 0 aliphatic carbocycles. The molecule has 0 N–H and O–H groups in total. The monoisotopic (exact) mass is 441 g/mol. The van der Waals surface area contributed by atoms with Crippen LogP contribution in [0.3, 0.4) is 0 Å². The third kappa shape index (κ3) is 5.32. The smallest absolute Gasteiger partial charge is 0.229 e. The molecule has 7 nitrogen and oxygen atoms in total. The number of benzene rings is 2. The molecule has 0 unspecified atom stereocenters. The maximum atomic E-state index is 12.9. The summed E-state index contributed by atoms with van der Waals surface area (Å²) >= 11 is 1.36. The van der Waals surface area contributed by atoms with Crippen molar-refractivity contribution in [2.45, 2.75) is 32.7 Å². The van der Waals surface area contributed by atoms with Crippen molar-refractivity contribution in [2.75, 3.05) is 26.2 Å². The van der Waals surface area contributed by atoms with Gasteiger partial charge in [0.25, 0.3) is 0 Å². The van der Waals surface area contributed by atoms with Crippen molar-refractivity contribution in [3.8, 4) is 27.8 Å². The maximum absolute atomic E-state index is 12.9. The van der Waals surface area contributed by atoms with Crippen molar-refractivity contribution in [2.24, 2.45) is 0 Å². The van der Waals surface area contributed by atoms with Gasteiger partial charge in [-0.2, -0.15) is 0 Å². The molecule has 3 aromatic rings. The molecule has 164 valence electrons. The van der Waals surface area contributed by atoms with Gasteiger partial charge in [0, 0.05) is 12.0 Å². The quantitative estimate of drug-likeness (QED) is 0.443. The molecular weight excluding hydrogens is 414 g/mol. The van der Waals surface area contributed by atoms with Gasteiger partial charge in [-0.1, -0.05) is 55.0 Å². The Labute approximate surface area is 186 Å². The third-order valence-corrected chi connectivity index (χ3v) is 5.78. The minimum Gasteiger partial charge on any atom is -0.493 e. The minimum atomic E-state index is 0.0401. The second kappa shape index (κ2) is 10.8. The molecule has 0 aliphatic rings. The molecule has 0 saturated heterocycles. The number of rotatable bonds is 10. The van der Waals surface area contributed by atoms with Gasteiger partial charge >= 0.3 is 0 Å². The average molecular weight is 442 g/mol. The second-order valence-corrected chi connectivity index (χ2v) is 7.83. The predicted molar refractivity (Wildman–Crippen MR) is 122 cm³/mol. The van der Waals surface area contributed by atoms with Gasteiger partial charge in [0.1, 0.15) is 5.01 Å². The number of unbranched alkanes of at least 4 members (excludes halogenated alkanes) is 1. The molecule has 0 bridgehead atoms. The van der Waals surface area contributed by atoms with Crippen LogP contribution >= 0.6 is 11.3 Å². The highest BCUT2D eigenvalue weighted by atomic mass is 32.1. The molecule has 0 radical (unpaired) electrons. The van der Waals surface area contributed by atoms with Gasteiger partial charge in [-0.3, -0.25) is 9.69 Å². The number of hydrogen-bond acceptors (Lipinski definition) is 7. The van der Waals surface area contributed by atoms with Crippen molar-refractivity contribution < 1.29 is 19.0 Å². The Balaban J connectivity index is 1.95. The van der Waals surface area contributed by atoms with Crippen LogP contribution in [0.25, 0.3) is 10.6 Å². The molecule has 8 heteroatoms. The highest BCUT2D eigenvalue weighted by Gasteiger charge is 2.22. The Morgan fingerprint density at radius 2 is 1.68 bits per heavy atom. The van der Waals surface area contributed by atoms with E-state index < -0.39 is 0 Å². The summed E-state index contributed by atoms with van der Waals surface area (Å²) in [4.78, 5) is 14.7. The SMILES string of the molecule is CCCCC(=O)N(Cc1ccccc1)c1nnc(-c2cc(OC)c(OC)c(OC)c2)s1. The third-order valence-electron chi connectivity index (χ3n) is 4.79. The second-order valence-electron chi connectivity index (χ2n) is 6.87. The number of nitrogens with zero attached hydrogens (tertiary/aromatic N) is 3. The van der Waals surface area contributed by atoms with Crippen LogP contribution in [0.15, 0.2) is 42.5 Å². The zero-order valence-corrected chi connectivity index (χ0v) is 19.1. The lowest BCUT2D eigenvalue weighted by Crippen LogP contribution is -2.30. The lowest BCUT2D eigenvalue weighted by molar-refractivity contribution is -0.118. The van der Waals surface area contributed by atoms with E-state index in [1.54, 1.807) is 26.2 Å². The zero-order chi connectivity index (χ0) is 22.2. The van der Waals surface area contributed by atoms with Crippen molar-refractivity contribution >= 4 is 22.4 Å². The lowest BCUT2D eigenvalue weighted by atomic mass is 10.2. The average Bonchev–Trinajstić information content (AvgIpc) is 3.30. The summed E-state index contributed by atoms with van der Waals surface area (Å²) in [6, 6.07) is 13.5. The number of anilines is 1. The van der Waals surface area contributed by atoms with E-state index >= 15 is 0 Å². The summed E-state index contributed by atoms with van der Waals surface area (Å²) < 4.78 is 16.3. The minimum absolute atomic E-state index is 0.0401. The van der Waals surface area contributed by atoms with Crippen LogP contribution in [0.4, 0.5) is 5.13 Å². The number of carbonyl (C=O) groups is 1. The van der Waals surface area contributed by atoms with Gasteiger partial charge < -0.3 is 14.2 Å². The van der Waals surface area contributed by atoms with E-state index in [1.165, 1.54) is 11.3 Å². The van der Waals surface area contributed by atoms with Crippen LogP contribution < -0.4 is 19.1 Å². The Bertz CT molecular complexity index is 982. The van der Waals surface area contributed by atoms with Crippen molar-refractivity contribution in [3.05, 3.63) is 48.0 Å². The van der Waals surface area contributed by atoms with Gasteiger partial charge in [-0.25, -0.2) is 0 Å². The maximum Gasteiger partial charge on any atom is 0.229 e. The van der Waals surface area contributed by atoms with Crippen LogP contribution in [0.2, 0.25) is 0 Å². The topological polar surface area (TPSA) is 73.8 Å². The van der Waals surface area contributed by atoms with E-state index in [-0.39, 0.29) is 5.91 Å². The van der Waals surface area contributed by atoms with E-state index in [0.717, 1.165) is 24.0 Å². The Kier molecular flexibility index (Phi) is 7.83. The molecule has 3 rings (SSSR count). The molecule has 1 heterocycles. The first kappa shape index (κ1) is 22.6. The van der Waals surface area contributed by atoms with Gasteiger partial charge in [0.05, 0.1) is 27.9 Å². The summed E-state index contributed by atoms with van der Waals surface area (Å²) in [5, 5.41) is 9.90. The van der Waals surface area contributed by atoms with Crippen LogP contribution in [-0.2, 0) is 11.3 Å².